The average Bonchev–Trinajstić information content (AvgIpc) is 2.78. The number of hydrogen-bond acceptors (Lipinski definition) is 4. The fourth-order valence-corrected chi connectivity index (χ4v) is 1.78. The number of methoxy groups -OCH3 is 2. The third-order valence-corrected chi connectivity index (χ3v) is 2.99. The van der Waals surface area contributed by atoms with Crippen molar-refractivity contribution in [1.29, 1.82) is 0 Å². The molecule has 106 valence electrons. The number of hydrogen-bond donors (Lipinski definition) is 1. The van der Waals surface area contributed by atoms with E-state index in [1.807, 2.05) is 6.92 Å². The maximum Gasteiger partial charge on any atom is 0.276 e. The van der Waals surface area contributed by atoms with Crippen LogP contribution in [0.25, 0.3) is 0 Å². The summed E-state index contributed by atoms with van der Waals surface area (Å²) >= 11 is 0. The lowest BCUT2D eigenvalue weighted by atomic mass is 10.2. The van der Waals surface area contributed by atoms with Crippen molar-refractivity contribution in [3.63, 3.8) is 0 Å². The molecule has 0 saturated carbocycles. The predicted octanol–water partition coefficient (Wildman–Crippen LogP) is 2.00. The van der Waals surface area contributed by atoms with Crippen LogP contribution in [0.5, 0.6) is 11.5 Å². The Kier molecular flexibility index (Phi) is 3.93. The van der Waals surface area contributed by atoms with Crippen molar-refractivity contribution in [2.75, 3.05) is 19.5 Å². The second-order valence-electron chi connectivity index (χ2n) is 4.32. The first kappa shape index (κ1) is 13.9. The van der Waals surface area contributed by atoms with Gasteiger partial charge in [-0.05, 0) is 25.1 Å². The topological polar surface area (TPSA) is 65.4 Å². The molecule has 0 atom stereocenters. The maximum absolute atomic E-state index is 12.1. The largest absolute Gasteiger partial charge is 0.493 e. The number of nitrogens with one attached hydrogen (secondary N) is 1. The standard InChI is InChI=1S/C14H17N3O3/c1-9-7-11(16-17(9)2)14(18)15-10-5-6-12(19-3)13(8-10)20-4/h5-8H,1-4H3,(H,15,18). The molecule has 0 unspecified atom stereocenters. The molecule has 1 heterocycles. The van der Waals surface area contributed by atoms with E-state index in [9.17, 15) is 4.79 Å². The zero-order valence-electron chi connectivity index (χ0n) is 11.9. The van der Waals surface area contributed by atoms with Gasteiger partial charge in [-0.15, -0.1) is 0 Å². The van der Waals surface area contributed by atoms with Crippen molar-refractivity contribution < 1.29 is 14.3 Å². The van der Waals surface area contributed by atoms with Gasteiger partial charge in [0, 0.05) is 24.5 Å². The molecule has 6 nitrogen and oxygen atoms in total. The number of anilines is 1. The van der Waals surface area contributed by atoms with Crippen LogP contribution in [0.15, 0.2) is 24.3 Å². The van der Waals surface area contributed by atoms with Crippen molar-refractivity contribution >= 4 is 11.6 Å². The lowest BCUT2D eigenvalue weighted by Crippen LogP contribution is -2.13. The molecule has 6 heteroatoms. The van der Waals surface area contributed by atoms with Crippen molar-refractivity contribution in [1.82, 2.24) is 9.78 Å². The van der Waals surface area contributed by atoms with Gasteiger partial charge in [0.15, 0.2) is 17.2 Å². The van der Waals surface area contributed by atoms with Gasteiger partial charge in [-0.25, -0.2) is 0 Å². The number of rotatable bonds is 4. The van der Waals surface area contributed by atoms with Crippen LogP contribution in [0.3, 0.4) is 0 Å². The highest BCUT2D eigenvalue weighted by Crippen LogP contribution is 2.29. The van der Waals surface area contributed by atoms with Crippen LogP contribution in [0.4, 0.5) is 5.69 Å². The fourth-order valence-electron chi connectivity index (χ4n) is 1.78. The van der Waals surface area contributed by atoms with Crippen molar-refractivity contribution in [3.05, 3.63) is 35.7 Å². The molecule has 0 aliphatic rings. The van der Waals surface area contributed by atoms with Gasteiger partial charge in [-0.3, -0.25) is 9.48 Å². The van der Waals surface area contributed by atoms with Gasteiger partial charge >= 0.3 is 0 Å². The van der Waals surface area contributed by atoms with Crippen molar-refractivity contribution in [3.8, 4) is 11.5 Å². The third kappa shape index (κ3) is 2.74. The summed E-state index contributed by atoms with van der Waals surface area (Å²) in [5, 5.41) is 6.91. The summed E-state index contributed by atoms with van der Waals surface area (Å²) in [5.74, 6) is 0.905. The van der Waals surface area contributed by atoms with Crippen LogP contribution in [-0.2, 0) is 7.05 Å². The van der Waals surface area contributed by atoms with Gasteiger partial charge in [0.1, 0.15) is 0 Å². The van der Waals surface area contributed by atoms with E-state index in [0.717, 1.165) is 5.69 Å². The molecule has 1 amide bonds. The zero-order chi connectivity index (χ0) is 14.7. The first-order valence-corrected chi connectivity index (χ1v) is 6.09. The highest BCUT2D eigenvalue weighted by Gasteiger charge is 2.12. The Morgan fingerprint density at radius 1 is 1.20 bits per heavy atom. The van der Waals surface area contributed by atoms with Crippen LogP contribution in [0.2, 0.25) is 0 Å². The smallest absolute Gasteiger partial charge is 0.276 e. The number of ether oxygens (including phenoxy) is 2. The van der Waals surface area contributed by atoms with E-state index >= 15 is 0 Å². The van der Waals surface area contributed by atoms with Crippen LogP contribution in [0.1, 0.15) is 16.2 Å². The third-order valence-electron chi connectivity index (χ3n) is 2.99. The number of nitrogens with zero attached hydrogens (tertiary/aromatic N) is 2. The second-order valence-corrected chi connectivity index (χ2v) is 4.32. The van der Waals surface area contributed by atoms with Crippen LogP contribution in [-0.4, -0.2) is 29.9 Å². The SMILES string of the molecule is COc1ccc(NC(=O)c2cc(C)n(C)n2)cc1OC. The number of amides is 1. The molecular weight excluding hydrogens is 258 g/mol. The first-order chi connectivity index (χ1) is 9.55. The van der Waals surface area contributed by atoms with E-state index in [4.69, 9.17) is 9.47 Å². The minimum atomic E-state index is -0.263. The Hall–Kier alpha value is -2.50. The molecule has 0 fully saturated rings. The number of benzene rings is 1. The summed E-state index contributed by atoms with van der Waals surface area (Å²) in [6.45, 7) is 1.89. The van der Waals surface area contributed by atoms with Crippen LogP contribution >= 0.6 is 0 Å². The Labute approximate surface area is 117 Å². The van der Waals surface area contributed by atoms with Crippen molar-refractivity contribution in [2.45, 2.75) is 6.92 Å². The Balaban J connectivity index is 2.19. The second kappa shape index (κ2) is 5.64. The Morgan fingerprint density at radius 3 is 2.45 bits per heavy atom. The quantitative estimate of drug-likeness (QED) is 0.926. The van der Waals surface area contributed by atoms with Gasteiger partial charge in [0.25, 0.3) is 5.91 Å². The van der Waals surface area contributed by atoms with Gasteiger partial charge < -0.3 is 14.8 Å². The summed E-state index contributed by atoms with van der Waals surface area (Å²) in [6, 6.07) is 6.91. The fraction of sp³-hybridized carbons (Fsp3) is 0.286. The summed E-state index contributed by atoms with van der Waals surface area (Å²) in [5.41, 5.74) is 1.92. The molecule has 0 aliphatic carbocycles. The molecule has 1 aromatic heterocycles. The number of aryl methyl sites for hydroxylation is 2. The van der Waals surface area contributed by atoms with E-state index in [-0.39, 0.29) is 5.91 Å². The molecule has 20 heavy (non-hydrogen) atoms. The normalized spacial score (nSPS) is 10.2. The molecule has 0 bridgehead atoms. The van der Waals surface area contributed by atoms with Crippen molar-refractivity contribution in [2.24, 2.45) is 7.05 Å². The van der Waals surface area contributed by atoms with E-state index in [0.29, 0.717) is 22.9 Å². The molecule has 1 N–H and O–H groups in total. The lowest BCUT2D eigenvalue weighted by molar-refractivity contribution is 0.102. The van der Waals surface area contributed by atoms with Gasteiger partial charge in [-0.2, -0.15) is 5.10 Å². The highest BCUT2D eigenvalue weighted by molar-refractivity contribution is 6.03. The van der Waals surface area contributed by atoms with E-state index in [2.05, 4.69) is 10.4 Å². The van der Waals surface area contributed by atoms with Gasteiger partial charge in [0.05, 0.1) is 14.2 Å². The molecule has 2 aromatic rings. The van der Waals surface area contributed by atoms with Crippen LogP contribution in [0, 0.1) is 6.92 Å². The van der Waals surface area contributed by atoms with E-state index in [1.165, 1.54) is 0 Å². The molecule has 1 aromatic carbocycles. The molecule has 0 saturated heterocycles. The molecule has 0 aliphatic heterocycles. The van der Waals surface area contributed by atoms with E-state index < -0.39 is 0 Å². The molecule has 0 spiro atoms. The minimum absolute atomic E-state index is 0.263. The minimum Gasteiger partial charge on any atom is -0.493 e. The Morgan fingerprint density at radius 2 is 1.90 bits per heavy atom. The molecular formula is C14H17N3O3. The van der Waals surface area contributed by atoms with Gasteiger partial charge in [0.2, 0.25) is 0 Å². The zero-order valence-corrected chi connectivity index (χ0v) is 11.9. The van der Waals surface area contributed by atoms with E-state index in [1.54, 1.807) is 50.2 Å². The van der Waals surface area contributed by atoms with Gasteiger partial charge in [-0.1, -0.05) is 0 Å². The monoisotopic (exact) mass is 275 g/mol. The average molecular weight is 275 g/mol. The summed E-state index contributed by atoms with van der Waals surface area (Å²) in [6.07, 6.45) is 0. The summed E-state index contributed by atoms with van der Waals surface area (Å²) < 4.78 is 12.0. The lowest BCUT2D eigenvalue weighted by Gasteiger charge is -2.09. The molecule has 0 radical (unpaired) electrons. The highest BCUT2D eigenvalue weighted by atomic mass is 16.5. The Bertz CT molecular complexity index is 615. The number of aromatic nitrogens is 2. The number of carbonyl (C=O) groups excluding carboxylic acids is 1. The molecule has 2 rings (SSSR count). The summed E-state index contributed by atoms with van der Waals surface area (Å²) in [7, 11) is 4.90. The number of carbonyl (C=O) groups is 1. The maximum atomic E-state index is 12.1. The first-order valence-electron chi connectivity index (χ1n) is 6.09. The van der Waals surface area contributed by atoms with Crippen LogP contribution < -0.4 is 14.8 Å². The summed E-state index contributed by atoms with van der Waals surface area (Å²) in [4.78, 5) is 12.1. The predicted molar refractivity (Wildman–Crippen MR) is 75.4 cm³/mol.